The molecule has 0 saturated carbocycles. The number of carbonyl (C=O) groups excluding carboxylic acids is 1. The third kappa shape index (κ3) is 5.81. The molecule has 0 bridgehead atoms. The van der Waals surface area contributed by atoms with Gasteiger partial charge in [0.1, 0.15) is 12.3 Å². The highest BCUT2D eigenvalue weighted by Gasteiger charge is 2.27. The van der Waals surface area contributed by atoms with E-state index in [1.807, 2.05) is 56.3 Å². The molecule has 1 N–H and O–H groups in total. The quantitative estimate of drug-likeness (QED) is 0.357. The summed E-state index contributed by atoms with van der Waals surface area (Å²) in [5.74, 6) is 0.229. The molecule has 6 nitrogen and oxygen atoms in total. The van der Waals surface area contributed by atoms with E-state index < -0.39 is 15.9 Å². The SMILES string of the molecule is CCOc1ccc(N(CC(=O)NCc2ccc3ccccc3c2)S(=O)(=O)c2ccc(C)cc2)cc1. The van der Waals surface area contributed by atoms with Crippen molar-refractivity contribution in [1.29, 1.82) is 0 Å². The van der Waals surface area contributed by atoms with E-state index in [1.165, 1.54) is 0 Å². The van der Waals surface area contributed by atoms with Crippen molar-refractivity contribution in [1.82, 2.24) is 5.32 Å². The van der Waals surface area contributed by atoms with Crippen LogP contribution in [0.4, 0.5) is 5.69 Å². The maximum Gasteiger partial charge on any atom is 0.264 e. The van der Waals surface area contributed by atoms with Crippen LogP contribution in [0, 0.1) is 6.92 Å². The summed E-state index contributed by atoms with van der Waals surface area (Å²) in [4.78, 5) is 13.0. The maximum atomic E-state index is 13.5. The number of anilines is 1. The number of nitrogens with one attached hydrogen (secondary N) is 1. The molecule has 0 unspecified atom stereocenters. The van der Waals surface area contributed by atoms with Crippen molar-refractivity contribution in [2.75, 3.05) is 17.5 Å². The van der Waals surface area contributed by atoms with Crippen LogP contribution < -0.4 is 14.4 Å². The Balaban J connectivity index is 1.56. The number of rotatable bonds is 9. The standard InChI is InChI=1S/C28H28N2O4S/c1-3-34-26-14-12-25(13-15-26)30(35(32,33)27-16-8-21(2)9-17-27)20-28(31)29-19-22-10-11-23-6-4-5-7-24(23)18-22/h4-18H,3,19-20H2,1-2H3,(H,29,31). The maximum absolute atomic E-state index is 13.5. The van der Waals surface area contributed by atoms with Crippen LogP contribution in [0.5, 0.6) is 5.75 Å². The Bertz CT molecular complexity index is 1420. The molecule has 0 atom stereocenters. The highest BCUT2D eigenvalue weighted by atomic mass is 32.2. The minimum atomic E-state index is -3.97. The zero-order chi connectivity index (χ0) is 24.8. The molecule has 0 radical (unpaired) electrons. The molecule has 4 aromatic carbocycles. The van der Waals surface area contributed by atoms with Crippen LogP contribution in [-0.4, -0.2) is 27.5 Å². The topological polar surface area (TPSA) is 75.7 Å². The number of sulfonamides is 1. The Hall–Kier alpha value is -3.84. The summed E-state index contributed by atoms with van der Waals surface area (Å²) in [6, 6.07) is 27.2. The van der Waals surface area contributed by atoms with E-state index in [0.29, 0.717) is 24.6 Å². The summed E-state index contributed by atoms with van der Waals surface area (Å²) in [6.45, 7) is 4.22. The second-order valence-corrected chi connectivity index (χ2v) is 10.1. The van der Waals surface area contributed by atoms with E-state index in [2.05, 4.69) is 5.32 Å². The Morgan fingerprint density at radius 1 is 0.886 bits per heavy atom. The fourth-order valence-electron chi connectivity index (χ4n) is 3.76. The first-order chi connectivity index (χ1) is 16.9. The second-order valence-electron chi connectivity index (χ2n) is 8.21. The largest absolute Gasteiger partial charge is 0.494 e. The van der Waals surface area contributed by atoms with Crippen molar-refractivity contribution in [3.8, 4) is 5.75 Å². The van der Waals surface area contributed by atoms with E-state index >= 15 is 0 Å². The predicted octanol–water partition coefficient (Wildman–Crippen LogP) is 5.06. The Kier molecular flexibility index (Phi) is 7.36. The molecular weight excluding hydrogens is 460 g/mol. The van der Waals surface area contributed by atoms with E-state index in [9.17, 15) is 13.2 Å². The van der Waals surface area contributed by atoms with Crippen LogP contribution in [0.2, 0.25) is 0 Å². The minimum absolute atomic E-state index is 0.124. The lowest BCUT2D eigenvalue weighted by Crippen LogP contribution is -2.40. The van der Waals surface area contributed by atoms with Crippen molar-refractivity contribution in [3.05, 3.63) is 102 Å². The van der Waals surface area contributed by atoms with E-state index in [4.69, 9.17) is 4.74 Å². The first-order valence-corrected chi connectivity index (χ1v) is 12.9. The third-order valence-corrected chi connectivity index (χ3v) is 7.42. The molecule has 0 aliphatic rings. The fraction of sp³-hybridized carbons (Fsp3) is 0.179. The molecule has 0 saturated heterocycles. The van der Waals surface area contributed by atoms with Gasteiger partial charge in [0, 0.05) is 6.54 Å². The summed E-state index contributed by atoms with van der Waals surface area (Å²) in [5.41, 5.74) is 2.27. The highest BCUT2D eigenvalue weighted by molar-refractivity contribution is 7.92. The molecule has 180 valence electrons. The van der Waals surface area contributed by atoms with Crippen LogP contribution >= 0.6 is 0 Å². The molecule has 0 spiro atoms. The Labute approximate surface area is 206 Å². The average Bonchev–Trinajstić information content (AvgIpc) is 2.87. The highest BCUT2D eigenvalue weighted by Crippen LogP contribution is 2.26. The molecule has 35 heavy (non-hydrogen) atoms. The number of nitrogens with zero attached hydrogens (tertiary/aromatic N) is 1. The van der Waals surface area contributed by atoms with Gasteiger partial charge in [-0.25, -0.2) is 8.42 Å². The lowest BCUT2D eigenvalue weighted by Gasteiger charge is -2.24. The molecule has 0 fully saturated rings. The van der Waals surface area contributed by atoms with Crippen molar-refractivity contribution in [2.45, 2.75) is 25.3 Å². The normalized spacial score (nSPS) is 11.3. The van der Waals surface area contributed by atoms with E-state index in [1.54, 1.807) is 48.5 Å². The lowest BCUT2D eigenvalue weighted by atomic mass is 10.1. The molecule has 4 aromatic rings. The van der Waals surface area contributed by atoms with E-state index in [0.717, 1.165) is 26.2 Å². The van der Waals surface area contributed by atoms with Gasteiger partial charge in [-0.05, 0) is 72.6 Å². The molecule has 7 heteroatoms. The fourth-order valence-corrected chi connectivity index (χ4v) is 5.18. The van der Waals surface area contributed by atoms with Gasteiger partial charge in [0.15, 0.2) is 0 Å². The number of carbonyl (C=O) groups is 1. The summed E-state index contributed by atoms with van der Waals surface area (Å²) >= 11 is 0. The second kappa shape index (κ2) is 10.6. The first-order valence-electron chi connectivity index (χ1n) is 11.4. The molecule has 1 amide bonds. The first kappa shape index (κ1) is 24.3. The number of hydrogen-bond acceptors (Lipinski definition) is 4. The third-order valence-electron chi connectivity index (χ3n) is 5.64. The summed E-state index contributed by atoms with van der Waals surface area (Å²) in [6.07, 6.45) is 0. The van der Waals surface area contributed by atoms with Crippen LogP contribution in [0.25, 0.3) is 10.8 Å². The van der Waals surface area contributed by atoms with Gasteiger partial charge in [-0.3, -0.25) is 9.10 Å². The summed E-state index contributed by atoms with van der Waals surface area (Å²) in [5, 5.41) is 5.06. The number of aryl methyl sites for hydroxylation is 1. The lowest BCUT2D eigenvalue weighted by molar-refractivity contribution is -0.119. The number of benzene rings is 4. The summed E-state index contributed by atoms with van der Waals surface area (Å²) in [7, 11) is -3.97. The van der Waals surface area contributed by atoms with Crippen molar-refractivity contribution in [3.63, 3.8) is 0 Å². The zero-order valence-electron chi connectivity index (χ0n) is 19.8. The van der Waals surface area contributed by atoms with Crippen molar-refractivity contribution >= 4 is 32.4 Å². The molecular formula is C28H28N2O4S. The summed E-state index contributed by atoms with van der Waals surface area (Å²) < 4.78 is 33.7. The van der Waals surface area contributed by atoms with Crippen LogP contribution in [0.3, 0.4) is 0 Å². The van der Waals surface area contributed by atoms with E-state index in [-0.39, 0.29) is 11.4 Å². The minimum Gasteiger partial charge on any atom is -0.494 e. The van der Waals surface area contributed by atoms with Gasteiger partial charge in [-0.2, -0.15) is 0 Å². The van der Waals surface area contributed by atoms with Crippen LogP contribution in [-0.2, 0) is 21.4 Å². The number of fused-ring (bicyclic) bond motifs is 1. The number of ether oxygens (including phenoxy) is 1. The van der Waals surface area contributed by atoms with Gasteiger partial charge in [0.05, 0.1) is 17.2 Å². The molecule has 0 aliphatic heterocycles. The van der Waals surface area contributed by atoms with Crippen LogP contribution in [0.15, 0.2) is 95.9 Å². The zero-order valence-corrected chi connectivity index (χ0v) is 20.6. The Morgan fingerprint density at radius 3 is 2.26 bits per heavy atom. The smallest absolute Gasteiger partial charge is 0.264 e. The van der Waals surface area contributed by atoms with Gasteiger partial charge in [-0.1, -0.05) is 54.1 Å². The predicted molar refractivity (Wildman–Crippen MR) is 139 cm³/mol. The molecule has 0 heterocycles. The molecule has 0 aliphatic carbocycles. The van der Waals surface area contributed by atoms with Gasteiger partial charge in [0.2, 0.25) is 5.91 Å². The van der Waals surface area contributed by atoms with Gasteiger partial charge < -0.3 is 10.1 Å². The van der Waals surface area contributed by atoms with Gasteiger partial charge in [0.25, 0.3) is 10.0 Å². The Morgan fingerprint density at radius 2 is 1.57 bits per heavy atom. The molecule has 0 aromatic heterocycles. The average molecular weight is 489 g/mol. The number of amides is 1. The van der Waals surface area contributed by atoms with Gasteiger partial charge >= 0.3 is 0 Å². The monoisotopic (exact) mass is 488 g/mol. The van der Waals surface area contributed by atoms with Crippen molar-refractivity contribution < 1.29 is 17.9 Å². The van der Waals surface area contributed by atoms with Crippen LogP contribution in [0.1, 0.15) is 18.1 Å². The van der Waals surface area contributed by atoms with Gasteiger partial charge in [-0.15, -0.1) is 0 Å². The number of hydrogen-bond donors (Lipinski definition) is 1. The molecule has 4 rings (SSSR count). The van der Waals surface area contributed by atoms with Crippen molar-refractivity contribution in [2.24, 2.45) is 0 Å².